The van der Waals surface area contributed by atoms with Gasteiger partial charge in [-0.05, 0) is 80.9 Å². The number of para-hydroxylation sites is 1. The molecule has 0 bridgehead atoms. The van der Waals surface area contributed by atoms with Gasteiger partial charge in [0.15, 0.2) is 0 Å². The third-order valence-corrected chi connectivity index (χ3v) is 9.65. The van der Waals surface area contributed by atoms with Crippen LogP contribution in [-0.2, 0) is 12.5 Å². The van der Waals surface area contributed by atoms with Crippen LogP contribution < -0.4 is 4.90 Å². The van der Waals surface area contributed by atoms with Crippen LogP contribution in [0.4, 0.5) is 11.4 Å². The molecule has 0 N–H and O–H groups in total. The van der Waals surface area contributed by atoms with Gasteiger partial charge < -0.3 is 9.47 Å². The van der Waals surface area contributed by atoms with E-state index in [4.69, 9.17) is 0 Å². The average molecular weight is 525 g/mol. The average Bonchev–Trinajstić information content (AvgIpc) is 3.62. The molecule has 0 saturated heterocycles. The standard InChI is InChI=1S/C39H28N2/c1-40(25-20-22-38-32(23-25)31-14-6-10-18-37(31)41(38)2)26-19-21-30-29-13-5-9-17-35(29)39(36(30)24-26)33-15-7-3-11-27(33)28-12-4-8-16-34(28)39/h3-24H,1-2H3. The predicted molar refractivity (Wildman–Crippen MR) is 171 cm³/mol. The van der Waals surface area contributed by atoms with Crippen molar-refractivity contribution >= 4 is 33.2 Å². The van der Waals surface area contributed by atoms with Crippen molar-refractivity contribution in [3.63, 3.8) is 0 Å². The number of hydrogen-bond donors (Lipinski definition) is 0. The normalized spacial score (nSPS) is 13.8. The van der Waals surface area contributed by atoms with Gasteiger partial charge >= 0.3 is 0 Å². The minimum absolute atomic E-state index is 0.324. The number of hydrogen-bond acceptors (Lipinski definition) is 1. The Labute approximate surface area is 239 Å². The molecule has 0 atom stereocenters. The van der Waals surface area contributed by atoms with Crippen LogP contribution in [0.25, 0.3) is 44.1 Å². The Morgan fingerprint density at radius 1 is 0.463 bits per heavy atom. The van der Waals surface area contributed by atoms with Crippen molar-refractivity contribution in [3.8, 4) is 22.3 Å². The maximum absolute atomic E-state index is 2.45. The lowest BCUT2D eigenvalue weighted by Gasteiger charge is -2.31. The number of rotatable bonds is 2. The summed E-state index contributed by atoms with van der Waals surface area (Å²) in [5.74, 6) is 0. The highest BCUT2D eigenvalue weighted by Gasteiger charge is 2.51. The zero-order valence-corrected chi connectivity index (χ0v) is 23.1. The summed E-state index contributed by atoms with van der Waals surface area (Å²) in [4.78, 5) is 2.34. The van der Waals surface area contributed by atoms with Gasteiger partial charge in [-0.1, -0.05) is 97.1 Å². The molecule has 0 fully saturated rings. The van der Waals surface area contributed by atoms with E-state index >= 15 is 0 Å². The molecule has 0 unspecified atom stereocenters. The van der Waals surface area contributed by atoms with Crippen molar-refractivity contribution < 1.29 is 0 Å². The zero-order valence-electron chi connectivity index (χ0n) is 23.1. The SMILES string of the molecule is CN(c1ccc2c(c1)C1(c3ccccc3-c3ccccc31)c1ccccc1-2)c1ccc2c(c1)c1ccccc1n2C. The second-order valence-corrected chi connectivity index (χ2v) is 11.5. The van der Waals surface area contributed by atoms with Crippen LogP contribution >= 0.6 is 0 Å². The third kappa shape index (κ3) is 2.77. The molecule has 0 saturated carbocycles. The largest absolute Gasteiger partial charge is 0.345 e. The highest BCUT2D eigenvalue weighted by Crippen LogP contribution is 2.63. The van der Waals surface area contributed by atoms with Crippen molar-refractivity contribution in [2.45, 2.75) is 5.41 Å². The van der Waals surface area contributed by atoms with Crippen molar-refractivity contribution in [1.82, 2.24) is 4.57 Å². The van der Waals surface area contributed by atoms with Crippen LogP contribution in [0.3, 0.4) is 0 Å². The van der Waals surface area contributed by atoms with E-state index in [2.05, 4.69) is 157 Å². The molecule has 6 aromatic carbocycles. The third-order valence-electron chi connectivity index (χ3n) is 9.65. The minimum atomic E-state index is -0.324. The predicted octanol–water partition coefficient (Wildman–Crippen LogP) is 9.44. The summed E-state index contributed by atoms with van der Waals surface area (Å²) in [5.41, 5.74) is 15.4. The second kappa shape index (κ2) is 7.99. The lowest BCUT2D eigenvalue weighted by molar-refractivity contribution is 0.793. The first-order valence-electron chi connectivity index (χ1n) is 14.3. The van der Waals surface area contributed by atoms with E-state index < -0.39 is 0 Å². The first kappa shape index (κ1) is 22.7. The maximum atomic E-state index is 2.45. The molecule has 194 valence electrons. The summed E-state index contributed by atoms with van der Waals surface area (Å²) in [7, 11) is 4.35. The van der Waals surface area contributed by atoms with Gasteiger partial charge in [0.1, 0.15) is 0 Å². The van der Waals surface area contributed by atoms with Gasteiger partial charge in [-0.15, -0.1) is 0 Å². The van der Waals surface area contributed by atoms with Crippen LogP contribution in [0.1, 0.15) is 22.3 Å². The van der Waals surface area contributed by atoms with Gasteiger partial charge in [0.25, 0.3) is 0 Å². The molecule has 2 aliphatic carbocycles. The molecular weight excluding hydrogens is 496 g/mol. The fourth-order valence-corrected chi connectivity index (χ4v) is 7.81. The van der Waals surface area contributed by atoms with E-state index in [1.54, 1.807) is 0 Å². The van der Waals surface area contributed by atoms with Gasteiger partial charge in [-0.25, -0.2) is 0 Å². The Bertz CT molecular complexity index is 2130. The maximum Gasteiger partial charge on any atom is 0.0726 e. The zero-order chi connectivity index (χ0) is 27.3. The van der Waals surface area contributed by atoms with Gasteiger partial charge in [0.2, 0.25) is 0 Å². The number of benzene rings is 6. The summed E-state index contributed by atoms with van der Waals surface area (Å²) in [6.45, 7) is 0. The van der Waals surface area contributed by atoms with E-state index in [0.717, 1.165) is 0 Å². The number of fused-ring (bicyclic) bond motifs is 13. The van der Waals surface area contributed by atoms with Gasteiger partial charge in [-0.2, -0.15) is 0 Å². The fourth-order valence-electron chi connectivity index (χ4n) is 7.81. The lowest BCUT2D eigenvalue weighted by atomic mass is 9.70. The molecule has 7 aromatic rings. The number of aromatic nitrogens is 1. The fraction of sp³-hybridized carbons (Fsp3) is 0.0769. The monoisotopic (exact) mass is 524 g/mol. The van der Waals surface area contributed by atoms with E-state index in [9.17, 15) is 0 Å². The molecule has 0 aliphatic heterocycles. The van der Waals surface area contributed by atoms with Gasteiger partial charge in [0, 0.05) is 47.3 Å². The molecule has 2 heteroatoms. The Hall–Kier alpha value is -5.08. The highest BCUT2D eigenvalue weighted by molar-refractivity contribution is 6.09. The second-order valence-electron chi connectivity index (χ2n) is 11.5. The van der Waals surface area contributed by atoms with Crippen molar-refractivity contribution in [1.29, 1.82) is 0 Å². The molecule has 0 radical (unpaired) electrons. The first-order valence-corrected chi connectivity index (χ1v) is 14.3. The molecule has 1 aromatic heterocycles. The van der Waals surface area contributed by atoms with E-state index in [1.807, 2.05) is 0 Å². The number of nitrogens with zero attached hydrogens (tertiary/aromatic N) is 2. The molecule has 0 amide bonds. The quantitative estimate of drug-likeness (QED) is 0.219. The van der Waals surface area contributed by atoms with Crippen molar-refractivity contribution in [2.24, 2.45) is 7.05 Å². The van der Waals surface area contributed by atoms with Crippen LogP contribution in [0.15, 0.2) is 133 Å². The smallest absolute Gasteiger partial charge is 0.0726 e. The Morgan fingerprint density at radius 2 is 0.951 bits per heavy atom. The van der Waals surface area contributed by atoms with Gasteiger partial charge in [0.05, 0.1) is 5.41 Å². The summed E-state index contributed by atoms with van der Waals surface area (Å²) < 4.78 is 2.29. The Kier molecular flexibility index (Phi) is 4.42. The summed E-state index contributed by atoms with van der Waals surface area (Å²) >= 11 is 0. The summed E-state index contributed by atoms with van der Waals surface area (Å²) in [6.07, 6.45) is 0. The summed E-state index contributed by atoms with van der Waals surface area (Å²) in [5, 5.41) is 2.58. The Morgan fingerprint density at radius 3 is 1.61 bits per heavy atom. The topological polar surface area (TPSA) is 8.17 Å². The van der Waals surface area contributed by atoms with Crippen molar-refractivity contribution in [3.05, 3.63) is 156 Å². The van der Waals surface area contributed by atoms with Crippen LogP contribution in [-0.4, -0.2) is 11.6 Å². The molecule has 2 aliphatic rings. The van der Waals surface area contributed by atoms with Crippen LogP contribution in [0.5, 0.6) is 0 Å². The van der Waals surface area contributed by atoms with E-state index in [-0.39, 0.29) is 5.41 Å². The summed E-state index contributed by atoms with van der Waals surface area (Å²) in [6, 6.07) is 49.6. The Balaban J connectivity index is 1.28. The lowest BCUT2D eigenvalue weighted by Crippen LogP contribution is -2.26. The molecule has 9 rings (SSSR count). The van der Waals surface area contributed by atoms with Gasteiger partial charge in [-0.3, -0.25) is 0 Å². The molecule has 1 heterocycles. The number of anilines is 2. The molecule has 41 heavy (non-hydrogen) atoms. The van der Waals surface area contributed by atoms with Crippen molar-refractivity contribution in [2.75, 3.05) is 11.9 Å². The molecular formula is C39H28N2. The molecule has 2 nitrogen and oxygen atoms in total. The minimum Gasteiger partial charge on any atom is -0.345 e. The van der Waals surface area contributed by atoms with E-state index in [1.165, 1.54) is 77.7 Å². The van der Waals surface area contributed by atoms with Crippen LogP contribution in [0.2, 0.25) is 0 Å². The number of aryl methyl sites for hydroxylation is 1. The molecule has 1 spiro atoms. The van der Waals surface area contributed by atoms with Crippen LogP contribution in [0, 0.1) is 0 Å². The van der Waals surface area contributed by atoms with E-state index in [0.29, 0.717) is 0 Å². The first-order chi connectivity index (χ1) is 20.2. The highest BCUT2D eigenvalue weighted by atomic mass is 15.1.